The minimum Gasteiger partial charge on any atom is -0.435 e. The van der Waals surface area contributed by atoms with Crippen molar-refractivity contribution in [3.8, 4) is 5.75 Å². The zero-order valence-corrected chi connectivity index (χ0v) is 15.5. The molecule has 1 aliphatic rings. The summed E-state index contributed by atoms with van der Waals surface area (Å²) in [6.45, 7) is -1.21. The SMILES string of the molecule is COCc1nccc(C2(c3ccc(OC(F)F)c(C)c3)N=C(N)N(C)C2=O)n1. The van der Waals surface area contributed by atoms with Crippen molar-refractivity contribution in [1.82, 2.24) is 14.9 Å². The molecule has 1 unspecified atom stereocenters. The van der Waals surface area contributed by atoms with Crippen molar-refractivity contribution < 1.29 is 23.0 Å². The van der Waals surface area contributed by atoms with Gasteiger partial charge in [-0.05, 0) is 36.2 Å². The van der Waals surface area contributed by atoms with Crippen LogP contribution in [0.3, 0.4) is 0 Å². The van der Waals surface area contributed by atoms with Crippen molar-refractivity contribution in [2.45, 2.75) is 25.7 Å². The number of guanidine groups is 1. The van der Waals surface area contributed by atoms with Crippen LogP contribution in [0.4, 0.5) is 8.78 Å². The number of aryl methyl sites for hydroxylation is 1. The first-order valence-electron chi connectivity index (χ1n) is 8.30. The van der Waals surface area contributed by atoms with Gasteiger partial charge in [0.1, 0.15) is 12.4 Å². The second-order valence-electron chi connectivity index (χ2n) is 6.19. The van der Waals surface area contributed by atoms with Crippen LogP contribution in [0.25, 0.3) is 0 Å². The number of nitrogens with two attached hydrogens (primary N) is 1. The van der Waals surface area contributed by atoms with Crippen LogP contribution in [0, 0.1) is 6.92 Å². The Kier molecular flexibility index (Phi) is 5.23. The highest BCUT2D eigenvalue weighted by Gasteiger charge is 2.51. The van der Waals surface area contributed by atoms with Gasteiger partial charge in [-0.2, -0.15) is 8.78 Å². The van der Waals surface area contributed by atoms with Crippen LogP contribution in [0.1, 0.15) is 22.6 Å². The summed E-state index contributed by atoms with van der Waals surface area (Å²) in [6.07, 6.45) is 1.50. The molecule has 1 aromatic carbocycles. The molecule has 1 amide bonds. The van der Waals surface area contributed by atoms with Gasteiger partial charge in [0.25, 0.3) is 5.91 Å². The molecule has 1 aliphatic heterocycles. The number of rotatable bonds is 6. The number of benzene rings is 1. The number of carbonyl (C=O) groups excluding carboxylic acids is 1. The second-order valence-corrected chi connectivity index (χ2v) is 6.19. The smallest absolute Gasteiger partial charge is 0.387 e. The maximum Gasteiger partial charge on any atom is 0.387 e. The molecule has 0 spiro atoms. The molecule has 1 atom stereocenters. The Labute approximate surface area is 160 Å². The van der Waals surface area contributed by atoms with Gasteiger partial charge < -0.3 is 15.2 Å². The lowest BCUT2D eigenvalue weighted by atomic mass is 9.85. The number of ether oxygens (including phenoxy) is 2. The Balaban J connectivity index is 2.18. The maximum atomic E-state index is 13.2. The van der Waals surface area contributed by atoms with Crippen LogP contribution in [0.2, 0.25) is 0 Å². The molecule has 0 bridgehead atoms. The van der Waals surface area contributed by atoms with E-state index in [1.165, 1.54) is 37.4 Å². The Morgan fingerprint density at radius 3 is 2.64 bits per heavy atom. The molecule has 3 rings (SSSR count). The van der Waals surface area contributed by atoms with Gasteiger partial charge in [-0.15, -0.1) is 0 Å². The van der Waals surface area contributed by atoms with Gasteiger partial charge in [0.2, 0.25) is 5.54 Å². The van der Waals surface area contributed by atoms with Gasteiger partial charge in [0, 0.05) is 20.4 Å². The average Bonchev–Trinajstić information content (AvgIpc) is 2.88. The van der Waals surface area contributed by atoms with E-state index in [0.717, 1.165) is 0 Å². The van der Waals surface area contributed by atoms with E-state index in [-0.39, 0.29) is 18.3 Å². The minimum atomic E-state index is -2.95. The molecule has 0 aliphatic carbocycles. The predicted molar refractivity (Wildman–Crippen MR) is 95.7 cm³/mol. The van der Waals surface area contributed by atoms with Crippen LogP contribution < -0.4 is 10.5 Å². The van der Waals surface area contributed by atoms with Gasteiger partial charge in [-0.25, -0.2) is 15.0 Å². The normalized spacial score (nSPS) is 19.3. The minimum absolute atomic E-state index is 0.00686. The molecule has 28 heavy (non-hydrogen) atoms. The average molecular weight is 391 g/mol. The van der Waals surface area contributed by atoms with Gasteiger partial charge >= 0.3 is 6.61 Å². The number of carbonyl (C=O) groups is 1. The Morgan fingerprint density at radius 1 is 1.32 bits per heavy atom. The number of amides is 1. The second kappa shape index (κ2) is 7.47. The summed E-state index contributed by atoms with van der Waals surface area (Å²) in [6, 6.07) is 5.99. The Bertz CT molecular complexity index is 937. The van der Waals surface area contributed by atoms with E-state index < -0.39 is 18.1 Å². The molecule has 8 nitrogen and oxygen atoms in total. The van der Waals surface area contributed by atoms with Crippen LogP contribution in [0.5, 0.6) is 5.75 Å². The molecule has 2 aromatic rings. The summed E-state index contributed by atoms with van der Waals surface area (Å²) in [5.74, 6) is -0.0336. The summed E-state index contributed by atoms with van der Waals surface area (Å²) in [5.41, 5.74) is 5.49. The molecular formula is C18H19F2N5O3. The van der Waals surface area contributed by atoms with Crippen LogP contribution in [-0.4, -0.2) is 47.5 Å². The number of likely N-dealkylation sites (N-methyl/N-ethyl adjacent to an activating group) is 1. The van der Waals surface area contributed by atoms with Crippen molar-refractivity contribution >= 4 is 11.9 Å². The molecule has 2 N–H and O–H groups in total. The van der Waals surface area contributed by atoms with E-state index in [4.69, 9.17) is 10.5 Å². The molecule has 0 fully saturated rings. The Hall–Kier alpha value is -3.14. The molecular weight excluding hydrogens is 372 g/mol. The van der Waals surface area contributed by atoms with Crippen LogP contribution in [-0.2, 0) is 21.7 Å². The number of alkyl halides is 2. The summed E-state index contributed by atoms with van der Waals surface area (Å²) < 4.78 is 34.7. The number of hydrogen-bond donors (Lipinski definition) is 1. The van der Waals surface area contributed by atoms with Crippen molar-refractivity contribution in [1.29, 1.82) is 0 Å². The van der Waals surface area contributed by atoms with Crippen molar-refractivity contribution in [2.75, 3.05) is 14.2 Å². The van der Waals surface area contributed by atoms with E-state index in [9.17, 15) is 13.6 Å². The van der Waals surface area contributed by atoms with E-state index in [1.54, 1.807) is 19.1 Å². The first-order valence-corrected chi connectivity index (χ1v) is 8.30. The quantitative estimate of drug-likeness (QED) is 0.802. The number of methoxy groups -OCH3 is 1. The van der Waals surface area contributed by atoms with Gasteiger partial charge in [-0.1, -0.05) is 6.07 Å². The largest absolute Gasteiger partial charge is 0.435 e. The number of nitrogens with zero attached hydrogens (tertiary/aromatic N) is 4. The lowest BCUT2D eigenvalue weighted by Gasteiger charge is -2.26. The monoisotopic (exact) mass is 391 g/mol. The summed E-state index contributed by atoms with van der Waals surface area (Å²) in [4.78, 5) is 27.3. The third kappa shape index (κ3) is 3.26. The fraction of sp³-hybridized carbons (Fsp3) is 0.333. The third-order valence-electron chi connectivity index (χ3n) is 4.40. The van der Waals surface area contributed by atoms with E-state index in [2.05, 4.69) is 19.7 Å². The van der Waals surface area contributed by atoms with Crippen LogP contribution in [0.15, 0.2) is 35.5 Å². The van der Waals surface area contributed by atoms with Gasteiger partial charge in [-0.3, -0.25) is 9.69 Å². The maximum absolute atomic E-state index is 13.2. The molecule has 10 heteroatoms. The molecule has 2 heterocycles. The fourth-order valence-electron chi connectivity index (χ4n) is 3.05. The van der Waals surface area contributed by atoms with E-state index in [1.807, 2.05) is 0 Å². The highest BCUT2D eigenvalue weighted by molar-refractivity contribution is 6.08. The first kappa shape index (κ1) is 19.6. The van der Waals surface area contributed by atoms with Gasteiger partial charge in [0.15, 0.2) is 11.8 Å². The van der Waals surface area contributed by atoms with Crippen molar-refractivity contribution in [2.24, 2.45) is 10.7 Å². The Morgan fingerprint density at radius 2 is 2.07 bits per heavy atom. The standard InChI is InChI=1S/C18H19F2N5O3/c1-10-8-11(4-5-12(10)28-16(19)20)18(15(26)25(2)17(21)24-18)13-6-7-22-14(23-13)9-27-3/h4-8,16H,9H2,1-3H3,(H2,21,24). The summed E-state index contributed by atoms with van der Waals surface area (Å²) in [5, 5.41) is 0. The molecule has 148 valence electrons. The zero-order valence-electron chi connectivity index (χ0n) is 15.5. The highest BCUT2D eigenvalue weighted by atomic mass is 19.3. The lowest BCUT2D eigenvalue weighted by molar-refractivity contribution is -0.129. The molecule has 0 radical (unpaired) electrons. The first-order chi connectivity index (χ1) is 13.3. The number of aliphatic imine (C=N–C) groups is 1. The molecule has 1 aromatic heterocycles. The predicted octanol–water partition coefficient (Wildman–Crippen LogP) is 1.56. The van der Waals surface area contributed by atoms with Crippen LogP contribution >= 0.6 is 0 Å². The van der Waals surface area contributed by atoms with Crippen molar-refractivity contribution in [3.63, 3.8) is 0 Å². The topological polar surface area (TPSA) is 103 Å². The highest BCUT2D eigenvalue weighted by Crippen LogP contribution is 2.39. The summed E-state index contributed by atoms with van der Waals surface area (Å²) in [7, 11) is 3.00. The lowest BCUT2D eigenvalue weighted by Crippen LogP contribution is -2.41. The van der Waals surface area contributed by atoms with E-state index in [0.29, 0.717) is 22.6 Å². The summed E-state index contributed by atoms with van der Waals surface area (Å²) >= 11 is 0. The fourth-order valence-corrected chi connectivity index (χ4v) is 3.05. The number of aromatic nitrogens is 2. The molecule has 0 saturated carbocycles. The number of halogens is 2. The van der Waals surface area contributed by atoms with E-state index >= 15 is 0 Å². The third-order valence-corrected chi connectivity index (χ3v) is 4.40. The van der Waals surface area contributed by atoms with Crippen molar-refractivity contribution in [3.05, 3.63) is 53.1 Å². The van der Waals surface area contributed by atoms with Gasteiger partial charge in [0.05, 0.1) is 5.69 Å². The molecule has 0 saturated heterocycles. The zero-order chi connectivity index (χ0) is 20.5. The number of hydrogen-bond acceptors (Lipinski definition) is 7.